The van der Waals surface area contributed by atoms with Crippen molar-refractivity contribution in [3.8, 4) is 5.75 Å². The number of phenolic OH excluding ortho intramolecular Hbond substituents is 1. The molecule has 114 valence electrons. The molecule has 1 aliphatic rings. The number of rotatable bonds is 2. The van der Waals surface area contributed by atoms with Gasteiger partial charge in [-0.25, -0.2) is 0 Å². The molecule has 0 saturated heterocycles. The highest BCUT2D eigenvalue weighted by Crippen LogP contribution is 2.33. The van der Waals surface area contributed by atoms with Crippen molar-refractivity contribution in [1.82, 2.24) is 4.90 Å². The minimum atomic E-state index is -0.136. The van der Waals surface area contributed by atoms with E-state index in [0.29, 0.717) is 16.7 Å². The molecule has 0 saturated carbocycles. The van der Waals surface area contributed by atoms with Crippen molar-refractivity contribution in [2.75, 3.05) is 14.1 Å². The Morgan fingerprint density at radius 1 is 1.23 bits per heavy atom. The Labute approximate surface area is 129 Å². The van der Waals surface area contributed by atoms with Crippen LogP contribution in [0.5, 0.6) is 5.75 Å². The summed E-state index contributed by atoms with van der Waals surface area (Å²) in [5.41, 5.74) is 2.64. The van der Waals surface area contributed by atoms with E-state index in [9.17, 15) is 9.90 Å². The highest BCUT2D eigenvalue weighted by Gasteiger charge is 2.20. The van der Waals surface area contributed by atoms with Gasteiger partial charge in [0.15, 0.2) is 5.43 Å². The second-order valence-corrected chi connectivity index (χ2v) is 5.93. The van der Waals surface area contributed by atoms with Crippen molar-refractivity contribution >= 4 is 16.5 Å². The quantitative estimate of drug-likeness (QED) is 0.923. The molecule has 3 rings (SSSR count). The summed E-state index contributed by atoms with van der Waals surface area (Å²) in [7, 11) is 4.06. The van der Waals surface area contributed by atoms with Crippen molar-refractivity contribution in [1.29, 1.82) is 0 Å². The van der Waals surface area contributed by atoms with Crippen LogP contribution in [0.25, 0.3) is 16.5 Å². The number of hydrogen-bond donors (Lipinski definition) is 1. The van der Waals surface area contributed by atoms with Crippen LogP contribution in [-0.4, -0.2) is 24.1 Å². The van der Waals surface area contributed by atoms with E-state index in [0.717, 1.165) is 12.0 Å². The van der Waals surface area contributed by atoms with Crippen LogP contribution >= 0.6 is 0 Å². The Balaban J connectivity index is 2.11. The molecule has 1 aromatic heterocycles. The van der Waals surface area contributed by atoms with E-state index in [-0.39, 0.29) is 17.1 Å². The summed E-state index contributed by atoms with van der Waals surface area (Å²) < 4.78 is 5.88. The third-order valence-corrected chi connectivity index (χ3v) is 4.07. The van der Waals surface area contributed by atoms with Gasteiger partial charge in [0.05, 0.1) is 5.39 Å². The lowest BCUT2D eigenvalue weighted by Gasteiger charge is -2.25. The first-order valence-corrected chi connectivity index (χ1v) is 7.31. The number of hydrogen-bond acceptors (Lipinski definition) is 4. The van der Waals surface area contributed by atoms with E-state index < -0.39 is 0 Å². The molecule has 1 atom stereocenters. The highest BCUT2D eigenvalue weighted by molar-refractivity contribution is 5.80. The fraction of sp³-hybridized carbons (Fsp3) is 0.278. The summed E-state index contributed by atoms with van der Waals surface area (Å²) in [5.74, 6) is 0.946. The van der Waals surface area contributed by atoms with Gasteiger partial charge < -0.3 is 14.4 Å². The van der Waals surface area contributed by atoms with Crippen molar-refractivity contribution in [2.24, 2.45) is 5.92 Å². The van der Waals surface area contributed by atoms with E-state index in [1.54, 1.807) is 6.07 Å². The predicted molar refractivity (Wildman–Crippen MR) is 87.7 cm³/mol. The van der Waals surface area contributed by atoms with Crippen LogP contribution in [-0.2, 0) is 0 Å². The molecule has 1 unspecified atom stereocenters. The van der Waals surface area contributed by atoms with Gasteiger partial charge in [-0.3, -0.25) is 4.79 Å². The zero-order valence-electron chi connectivity index (χ0n) is 13.0. The third-order valence-electron chi connectivity index (χ3n) is 4.07. The molecule has 0 bridgehead atoms. The maximum Gasteiger partial charge on any atom is 0.193 e. The summed E-state index contributed by atoms with van der Waals surface area (Å²) in [4.78, 5) is 14.4. The Hall–Kier alpha value is -2.49. The van der Waals surface area contributed by atoms with Gasteiger partial charge in [-0.05, 0) is 42.2 Å². The van der Waals surface area contributed by atoms with Crippen molar-refractivity contribution in [3.05, 3.63) is 58.1 Å². The lowest BCUT2D eigenvalue weighted by atomic mass is 9.89. The molecule has 1 heterocycles. The maximum absolute atomic E-state index is 12.3. The van der Waals surface area contributed by atoms with Gasteiger partial charge in [-0.2, -0.15) is 0 Å². The summed E-state index contributed by atoms with van der Waals surface area (Å²) in [6, 6.07) is 6.11. The molecule has 1 aromatic carbocycles. The summed E-state index contributed by atoms with van der Waals surface area (Å²) in [6.07, 6.45) is 5.00. The average Bonchev–Trinajstić information content (AvgIpc) is 2.47. The molecule has 4 heteroatoms. The number of allylic oxidation sites excluding steroid dienone is 4. The molecule has 2 aromatic rings. The van der Waals surface area contributed by atoms with E-state index in [1.165, 1.54) is 23.9 Å². The predicted octanol–water partition coefficient (Wildman–Crippen LogP) is 3.37. The molecule has 0 amide bonds. The molecule has 1 aliphatic carbocycles. The van der Waals surface area contributed by atoms with Gasteiger partial charge in [0.2, 0.25) is 0 Å². The van der Waals surface area contributed by atoms with Gasteiger partial charge >= 0.3 is 0 Å². The number of phenols is 1. The molecule has 0 radical (unpaired) electrons. The maximum atomic E-state index is 12.3. The number of fused-ring (bicyclic) bond motifs is 1. The van der Waals surface area contributed by atoms with Crippen LogP contribution in [0.4, 0.5) is 0 Å². The number of aromatic hydroxyl groups is 1. The van der Waals surface area contributed by atoms with Crippen LogP contribution in [0.1, 0.15) is 19.1 Å². The Bertz CT molecular complexity index is 843. The zero-order chi connectivity index (χ0) is 15.9. The normalized spacial score (nSPS) is 18.0. The van der Waals surface area contributed by atoms with Gasteiger partial charge in [-0.15, -0.1) is 0 Å². The first-order valence-electron chi connectivity index (χ1n) is 7.31. The van der Waals surface area contributed by atoms with E-state index in [4.69, 9.17) is 4.42 Å². The lowest BCUT2D eigenvalue weighted by Crippen LogP contribution is -2.17. The molecule has 22 heavy (non-hydrogen) atoms. The van der Waals surface area contributed by atoms with E-state index in [1.807, 2.05) is 20.2 Å². The summed E-state index contributed by atoms with van der Waals surface area (Å²) in [5, 5.41) is 9.89. The van der Waals surface area contributed by atoms with Crippen molar-refractivity contribution in [3.63, 3.8) is 0 Å². The molecule has 0 aliphatic heterocycles. The van der Waals surface area contributed by atoms with Gasteiger partial charge in [0.25, 0.3) is 0 Å². The fourth-order valence-corrected chi connectivity index (χ4v) is 2.79. The third kappa shape index (κ3) is 2.52. The first kappa shape index (κ1) is 14.4. The second kappa shape index (κ2) is 5.37. The van der Waals surface area contributed by atoms with Crippen molar-refractivity contribution in [2.45, 2.75) is 13.3 Å². The van der Waals surface area contributed by atoms with Crippen LogP contribution in [0, 0.1) is 5.92 Å². The largest absolute Gasteiger partial charge is 0.508 e. The van der Waals surface area contributed by atoms with Crippen LogP contribution in [0.15, 0.2) is 51.3 Å². The lowest BCUT2D eigenvalue weighted by molar-refractivity contribution is 0.461. The summed E-state index contributed by atoms with van der Waals surface area (Å²) in [6.45, 7) is 2.13. The van der Waals surface area contributed by atoms with Crippen LogP contribution < -0.4 is 5.43 Å². The molecular weight excluding hydrogens is 278 g/mol. The molecule has 1 N–H and O–H groups in total. The zero-order valence-corrected chi connectivity index (χ0v) is 13.0. The Morgan fingerprint density at radius 3 is 2.68 bits per heavy atom. The average molecular weight is 297 g/mol. The first-order chi connectivity index (χ1) is 10.5. The smallest absolute Gasteiger partial charge is 0.193 e. The Kier molecular flexibility index (Phi) is 3.53. The van der Waals surface area contributed by atoms with E-state index >= 15 is 0 Å². The van der Waals surface area contributed by atoms with Crippen molar-refractivity contribution < 1.29 is 9.52 Å². The SMILES string of the molecule is CC1CC(N(C)C)=CC=C1c1cc(=O)c2cc(O)ccc2o1. The molecule has 0 spiro atoms. The summed E-state index contributed by atoms with van der Waals surface area (Å²) >= 11 is 0. The highest BCUT2D eigenvalue weighted by atomic mass is 16.3. The number of benzene rings is 1. The molecule has 4 nitrogen and oxygen atoms in total. The minimum Gasteiger partial charge on any atom is -0.508 e. The fourth-order valence-electron chi connectivity index (χ4n) is 2.79. The van der Waals surface area contributed by atoms with Crippen LogP contribution in [0.2, 0.25) is 0 Å². The van der Waals surface area contributed by atoms with Gasteiger partial charge in [0.1, 0.15) is 17.1 Å². The van der Waals surface area contributed by atoms with Gasteiger partial charge in [0, 0.05) is 25.9 Å². The Morgan fingerprint density at radius 2 is 2.00 bits per heavy atom. The second-order valence-electron chi connectivity index (χ2n) is 5.93. The minimum absolute atomic E-state index is 0.0661. The standard InChI is InChI=1S/C18H19NO3/c1-11-8-12(19(2)3)4-6-14(11)18-10-16(21)15-9-13(20)5-7-17(15)22-18/h4-7,9-11,20H,8H2,1-3H3. The topological polar surface area (TPSA) is 53.7 Å². The monoisotopic (exact) mass is 297 g/mol. The van der Waals surface area contributed by atoms with Gasteiger partial charge in [-0.1, -0.05) is 13.0 Å². The molecular formula is C18H19NO3. The number of nitrogens with zero attached hydrogens (tertiary/aromatic N) is 1. The van der Waals surface area contributed by atoms with Crippen LogP contribution in [0.3, 0.4) is 0 Å². The molecule has 0 fully saturated rings. The van der Waals surface area contributed by atoms with E-state index in [2.05, 4.69) is 17.9 Å².